The number of likely N-dealkylation sites (tertiary alicyclic amines) is 1. The highest BCUT2D eigenvalue weighted by Crippen LogP contribution is 2.56. The molecule has 1 amide bonds. The molecule has 1 aliphatic carbocycles. The van der Waals surface area contributed by atoms with Gasteiger partial charge in [-0.25, -0.2) is 4.39 Å². The van der Waals surface area contributed by atoms with Gasteiger partial charge in [-0.15, -0.1) is 0 Å². The number of hydrogen-bond acceptors (Lipinski definition) is 6. The van der Waals surface area contributed by atoms with E-state index in [0.29, 0.717) is 18.4 Å². The Bertz CT molecular complexity index is 1510. The number of alkyl halides is 2. The van der Waals surface area contributed by atoms with E-state index in [0.717, 1.165) is 57.6 Å². The van der Waals surface area contributed by atoms with E-state index in [9.17, 15) is 13.6 Å². The summed E-state index contributed by atoms with van der Waals surface area (Å²) < 4.78 is 25.5. The molecule has 2 saturated heterocycles. The molecule has 2 atom stereocenters. The first kappa shape index (κ1) is 45.7. The number of carbonyl (C=O) groups excluding carboxylic acids is 1. The van der Waals surface area contributed by atoms with E-state index in [1.165, 1.54) is 22.3 Å². The quantitative estimate of drug-likeness (QED) is 0.0637. The van der Waals surface area contributed by atoms with Crippen molar-refractivity contribution in [1.82, 2.24) is 10.2 Å². The fourth-order valence-electron chi connectivity index (χ4n) is 6.78. The fraction of sp³-hybridized carbons (Fsp3) is 0.405. The number of para-hydroxylation sites is 2. The summed E-state index contributed by atoms with van der Waals surface area (Å²) in [5.41, 5.74) is 23.0. The Hall–Kier alpha value is -4.35. The van der Waals surface area contributed by atoms with Crippen LogP contribution in [0.25, 0.3) is 11.1 Å². The van der Waals surface area contributed by atoms with E-state index in [2.05, 4.69) is 64.5 Å². The number of carbonyl (C=O) groups is 1. The minimum atomic E-state index is -0.750. The minimum absolute atomic E-state index is 0. The molecule has 0 radical (unpaired) electrons. The first-order valence-electron chi connectivity index (χ1n) is 18.1. The summed E-state index contributed by atoms with van der Waals surface area (Å²) in [5.74, 6) is -0.0695. The van der Waals surface area contributed by atoms with Crippen molar-refractivity contribution >= 4 is 17.3 Å². The van der Waals surface area contributed by atoms with Gasteiger partial charge in [0.2, 0.25) is 0 Å². The van der Waals surface area contributed by atoms with Gasteiger partial charge in [-0.2, -0.15) is 0 Å². The molecule has 52 heavy (non-hydrogen) atoms. The Balaban J connectivity index is 0.000000678. The molecular formula is C42H61F2N5O3. The first-order valence-corrected chi connectivity index (χ1v) is 18.1. The predicted molar refractivity (Wildman–Crippen MR) is 214 cm³/mol. The highest BCUT2D eigenvalue weighted by atomic mass is 19.1. The number of halogens is 2. The van der Waals surface area contributed by atoms with Crippen LogP contribution in [0, 0.1) is 0 Å². The van der Waals surface area contributed by atoms with Crippen LogP contribution in [0.15, 0.2) is 103 Å². The van der Waals surface area contributed by atoms with E-state index in [1.807, 2.05) is 70.2 Å². The lowest BCUT2D eigenvalue weighted by molar-refractivity contribution is 0.0938. The lowest BCUT2D eigenvalue weighted by Gasteiger charge is -2.31. The fourth-order valence-corrected chi connectivity index (χ4v) is 6.78. The van der Waals surface area contributed by atoms with E-state index in [1.54, 1.807) is 12.1 Å². The van der Waals surface area contributed by atoms with Crippen LogP contribution in [0.4, 0.5) is 20.2 Å². The van der Waals surface area contributed by atoms with Crippen LogP contribution in [0.1, 0.15) is 74.9 Å². The monoisotopic (exact) mass is 721 g/mol. The minimum Gasteiger partial charge on any atom is -0.412 e. The largest absolute Gasteiger partial charge is 0.412 e. The lowest BCUT2D eigenvalue weighted by atomic mass is 9.72. The average Bonchev–Trinajstić information content (AvgIpc) is 3.88. The zero-order valence-corrected chi connectivity index (χ0v) is 31.6. The number of unbranched alkanes of at least 4 members (excludes halogenated alkanes) is 1. The summed E-state index contributed by atoms with van der Waals surface area (Å²) in [6.45, 7) is 11.1. The summed E-state index contributed by atoms with van der Waals surface area (Å²) in [6.07, 6.45) is 4.66. The third kappa shape index (κ3) is 12.1. The van der Waals surface area contributed by atoms with Crippen LogP contribution in [0.2, 0.25) is 0 Å². The standard InChI is InChI=1S/C30H33N3O2.C6H7N.2C2H6.CH4FN.CH3F.H2O/c31-27-14-6-3-11-24(27)29(34)32-21-15-18-33(19-21)17-8-7-16-30(28-20-35-28)25-12-4-1-9-22(25)23-10-2-5-13-26(23)30;7-6-4-2-1-3-5-6;2*1-2;2-1-3;1-2;/h1-6,9-14,21,28H,7-8,15-20,31H2,(H,32,34);1-5H,7H2;2*1-2H3;1,3H2;1H3;1H2. The number of nitrogens with zero attached hydrogens (tertiary/aromatic N) is 1. The molecule has 2 heterocycles. The van der Waals surface area contributed by atoms with Crippen LogP contribution >= 0.6 is 0 Å². The third-order valence-corrected chi connectivity index (χ3v) is 8.90. The molecule has 4 aromatic rings. The topological polar surface area (TPSA) is 154 Å². The summed E-state index contributed by atoms with van der Waals surface area (Å²) in [5, 5.41) is 3.18. The number of epoxide rings is 1. The van der Waals surface area contributed by atoms with Gasteiger partial charge >= 0.3 is 0 Å². The number of nitrogens with two attached hydrogens (primary N) is 3. The molecule has 0 bridgehead atoms. The summed E-state index contributed by atoms with van der Waals surface area (Å²) in [6, 6.07) is 34.7. The highest BCUT2D eigenvalue weighted by molar-refractivity contribution is 5.99. The molecule has 0 aromatic heterocycles. The number of ether oxygens (including phenoxy) is 1. The molecule has 2 aliphatic heterocycles. The molecule has 2 fully saturated rings. The average molecular weight is 722 g/mol. The normalized spacial score (nSPS) is 16.6. The molecule has 286 valence electrons. The maximum absolute atomic E-state index is 12.6. The Morgan fingerprint density at radius 1 is 0.827 bits per heavy atom. The third-order valence-electron chi connectivity index (χ3n) is 8.90. The second-order valence-electron chi connectivity index (χ2n) is 11.8. The van der Waals surface area contributed by atoms with Crippen LogP contribution in [-0.2, 0) is 10.2 Å². The highest BCUT2D eigenvalue weighted by Gasteiger charge is 2.53. The number of nitrogen functional groups attached to an aromatic ring is 2. The molecular weight excluding hydrogens is 660 g/mol. The number of anilines is 2. The molecule has 0 saturated carbocycles. The Labute approximate surface area is 310 Å². The van der Waals surface area contributed by atoms with Crippen LogP contribution < -0.4 is 22.5 Å². The van der Waals surface area contributed by atoms with Gasteiger partial charge in [0, 0.05) is 35.9 Å². The van der Waals surface area contributed by atoms with E-state index in [4.69, 9.17) is 16.2 Å². The number of fused-ring (bicyclic) bond motifs is 3. The molecule has 4 aromatic carbocycles. The molecule has 3 aliphatic rings. The predicted octanol–water partition coefficient (Wildman–Crippen LogP) is 7.56. The summed E-state index contributed by atoms with van der Waals surface area (Å²) in [4.78, 5) is 15.1. The Morgan fingerprint density at radius 2 is 1.33 bits per heavy atom. The van der Waals surface area contributed by atoms with Crippen molar-refractivity contribution < 1.29 is 23.8 Å². The maximum Gasteiger partial charge on any atom is 0.253 e. The number of nitrogens with one attached hydrogen (secondary N) is 1. The van der Waals surface area contributed by atoms with Crippen LogP contribution in [-0.4, -0.2) is 68.6 Å². The maximum atomic E-state index is 12.6. The van der Waals surface area contributed by atoms with Crippen molar-refractivity contribution in [1.29, 1.82) is 0 Å². The van der Waals surface area contributed by atoms with Crippen molar-refractivity contribution in [3.63, 3.8) is 0 Å². The van der Waals surface area contributed by atoms with Crippen molar-refractivity contribution in [3.8, 4) is 11.1 Å². The van der Waals surface area contributed by atoms with E-state index in [-0.39, 0.29) is 28.9 Å². The second kappa shape index (κ2) is 24.8. The number of rotatable bonds is 8. The summed E-state index contributed by atoms with van der Waals surface area (Å²) >= 11 is 0. The number of benzene rings is 4. The van der Waals surface area contributed by atoms with Gasteiger partial charge in [0.1, 0.15) is 6.80 Å². The Kier molecular flexibility index (Phi) is 21.8. The zero-order chi connectivity index (χ0) is 37.6. The molecule has 9 N–H and O–H groups in total. The van der Waals surface area contributed by atoms with Gasteiger partial charge in [0.25, 0.3) is 5.91 Å². The van der Waals surface area contributed by atoms with Gasteiger partial charge in [-0.1, -0.05) is 113 Å². The molecule has 2 unspecified atom stereocenters. The second-order valence-corrected chi connectivity index (χ2v) is 11.8. The number of hydrogen-bond donors (Lipinski definition) is 4. The van der Waals surface area contributed by atoms with Gasteiger partial charge < -0.3 is 37.6 Å². The lowest BCUT2D eigenvalue weighted by Crippen LogP contribution is -2.37. The Morgan fingerprint density at radius 3 is 1.83 bits per heavy atom. The van der Waals surface area contributed by atoms with Gasteiger partial charge in [-0.05, 0) is 72.3 Å². The summed E-state index contributed by atoms with van der Waals surface area (Å²) in [7, 11) is 0.500. The zero-order valence-electron chi connectivity index (χ0n) is 31.6. The molecule has 7 rings (SSSR count). The van der Waals surface area contributed by atoms with E-state index >= 15 is 0 Å². The van der Waals surface area contributed by atoms with Gasteiger partial charge in [0.05, 0.1) is 25.5 Å². The van der Waals surface area contributed by atoms with Crippen molar-refractivity contribution in [3.05, 3.63) is 120 Å². The van der Waals surface area contributed by atoms with Crippen molar-refractivity contribution in [2.75, 3.05) is 51.7 Å². The van der Waals surface area contributed by atoms with Gasteiger partial charge in [-0.3, -0.25) is 9.18 Å². The molecule has 10 heteroatoms. The van der Waals surface area contributed by atoms with Crippen molar-refractivity contribution in [2.45, 2.75) is 70.9 Å². The van der Waals surface area contributed by atoms with Crippen molar-refractivity contribution in [2.24, 2.45) is 5.73 Å². The van der Waals surface area contributed by atoms with E-state index < -0.39 is 6.80 Å². The number of amides is 1. The molecule has 0 spiro atoms. The van der Waals surface area contributed by atoms with Crippen LogP contribution in [0.3, 0.4) is 0 Å². The smallest absolute Gasteiger partial charge is 0.253 e. The van der Waals surface area contributed by atoms with Crippen LogP contribution in [0.5, 0.6) is 0 Å². The first-order chi connectivity index (χ1) is 25.0. The molecule has 8 nitrogen and oxygen atoms in total. The van der Waals surface area contributed by atoms with Gasteiger partial charge in [0.15, 0.2) is 0 Å². The SMILES string of the molecule is CC.CC.CF.NCF.Nc1ccccc1.Nc1ccccc1C(=O)NC1CCN(CCCCC2(C3CO3)c3ccccc3-c3ccccc32)C1.O.